The topological polar surface area (TPSA) is 94.3 Å². The van der Waals surface area contributed by atoms with Gasteiger partial charge in [-0.05, 0) is 43.2 Å². The Morgan fingerprint density at radius 1 is 1.19 bits per heavy atom. The lowest BCUT2D eigenvalue weighted by Crippen LogP contribution is -2.26. The Hall–Kier alpha value is -2.31. The molecule has 3 aromatic rings. The van der Waals surface area contributed by atoms with Gasteiger partial charge in [-0.3, -0.25) is 0 Å². The highest BCUT2D eigenvalue weighted by atomic mass is 35.5. The summed E-state index contributed by atoms with van der Waals surface area (Å²) in [5.74, 6) is 1.14. The lowest BCUT2D eigenvalue weighted by atomic mass is 9.81. The van der Waals surface area contributed by atoms with E-state index in [1.54, 1.807) is 10.7 Å². The SMILES string of the molecule is Nc1c2nccn2nc(NCc2ccccc2Cl)c1[C@H]1CC[C@H](N)CC1. The minimum Gasteiger partial charge on any atom is -0.395 e. The zero-order valence-corrected chi connectivity index (χ0v) is 15.3. The molecule has 0 bridgehead atoms. The molecule has 1 aliphatic rings. The lowest BCUT2D eigenvalue weighted by molar-refractivity contribution is 0.396. The van der Waals surface area contributed by atoms with Crippen LogP contribution >= 0.6 is 11.6 Å². The molecule has 1 aromatic carbocycles. The van der Waals surface area contributed by atoms with Crippen molar-refractivity contribution in [2.45, 2.75) is 44.2 Å². The zero-order chi connectivity index (χ0) is 18.1. The Morgan fingerprint density at radius 3 is 2.73 bits per heavy atom. The Labute approximate surface area is 157 Å². The summed E-state index contributed by atoms with van der Waals surface area (Å²) in [6, 6.07) is 8.09. The van der Waals surface area contributed by atoms with Crippen LogP contribution in [0, 0.1) is 0 Å². The first kappa shape index (κ1) is 17.1. The van der Waals surface area contributed by atoms with Crippen LogP contribution in [0.1, 0.15) is 42.7 Å². The van der Waals surface area contributed by atoms with E-state index in [1.165, 1.54) is 0 Å². The molecular formula is C19H23ClN6. The minimum atomic E-state index is 0.287. The summed E-state index contributed by atoms with van der Waals surface area (Å²) in [5, 5.41) is 8.91. The van der Waals surface area contributed by atoms with Crippen molar-refractivity contribution in [2.24, 2.45) is 5.73 Å². The predicted molar refractivity (Wildman–Crippen MR) is 105 cm³/mol. The molecule has 136 valence electrons. The molecule has 0 radical (unpaired) electrons. The number of aromatic nitrogens is 3. The first-order valence-electron chi connectivity index (χ1n) is 8.99. The first-order chi connectivity index (χ1) is 12.6. The fourth-order valence-electron chi connectivity index (χ4n) is 3.75. The Kier molecular flexibility index (Phi) is 4.70. The number of anilines is 2. The summed E-state index contributed by atoms with van der Waals surface area (Å²) in [4.78, 5) is 4.36. The van der Waals surface area contributed by atoms with E-state index in [0.717, 1.165) is 47.7 Å². The quantitative estimate of drug-likeness (QED) is 0.652. The summed E-state index contributed by atoms with van der Waals surface area (Å²) in [6.07, 6.45) is 7.58. The second-order valence-electron chi connectivity index (χ2n) is 6.93. The molecule has 1 aliphatic carbocycles. The molecule has 6 nitrogen and oxygen atoms in total. The smallest absolute Gasteiger partial charge is 0.177 e. The Morgan fingerprint density at radius 2 is 1.96 bits per heavy atom. The van der Waals surface area contributed by atoms with Gasteiger partial charge in [0.2, 0.25) is 0 Å². The fraction of sp³-hybridized carbons (Fsp3) is 0.368. The molecule has 5 N–H and O–H groups in total. The van der Waals surface area contributed by atoms with E-state index in [4.69, 9.17) is 28.2 Å². The van der Waals surface area contributed by atoms with E-state index < -0.39 is 0 Å². The van der Waals surface area contributed by atoms with Gasteiger partial charge in [-0.1, -0.05) is 29.8 Å². The van der Waals surface area contributed by atoms with Gasteiger partial charge >= 0.3 is 0 Å². The van der Waals surface area contributed by atoms with Crippen molar-refractivity contribution in [3.05, 3.63) is 52.8 Å². The second-order valence-corrected chi connectivity index (χ2v) is 7.34. The molecule has 1 saturated carbocycles. The van der Waals surface area contributed by atoms with Gasteiger partial charge in [0.05, 0.1) is 5.69 Å². The van der Waals surface area contributed by atoms with Crippen LogP contribution in [-0.2, 0) is 6.54 Å². The standard InChI is InChI=1S/C19H23ClN6/c20-15-4-2-1-3-13(15)11-24-18-16(12-5-7-14(21)8-6-12)17(22)19-23-9-10-26(19)25-18/h1-4,9-10,12,14H,5-8,11,21-22H2,(H,24,25)/t12-,14-. The predicted octanol–water partition coefficient (Wildman–Crippen LogP) is 3.56. The van der Waals surface area contributed by atoms with E-state index in [2.05, 4.69) is 10.3 Å². The van der Waals surface area contributed by atoms with Gasteiger partial charge in [0.1, 0.15) is 0 Å². The van der Waals surface area contributed by atoms with Crippen LogP contribution in [0.15, 0.2) is 36.7 Å². The van der Waals surface area contributed by atoms with Crippen LogP contribution in [-0.4, -0.2) is 20.6 Å². The molecule has 2 heterocycles. The molecule has 0 aliphatic heterocycles. The van der Waals surface area contributed by atoms with E-state index in [0.29, 0.717) is 23.8 Å². The number of imidazole rings is 1. The third kappa shape index (κ3) is 3.22. The minimum absolute atomic E-state index is 0.287. The number of benzene rings is 1. The number of nitrogens with two attached hydrogens (primary N) is 2. The third-order valence-electron chi connectivity index (χ3n) is 5.20. The van der Waals surface area contributed by atoms with Gasteiger partial charge in [0, 0.05) is 35.6 Å². The van der Waals surface area contributed by atoms with Gasteiger partial charge < -0.3 is 16.8 Å². The van der Waals surface area contributed by atoms with Gasteiger partial charge in [-0.25, -0.2) is 9.50 Å². The average Bonchev–Trinajstić information content (AvgIpc) is 3.11. The van der Waals surface area contributed by atoms with Crippen molar-refractivity contribution in [1.29, 1.82) is 0 Å². The highest BCUT2D eigenvalue weighted by molar-refractivity contribution is 6.31. The van der Waals surface area contributed by atoms with Crippen molar-refractivity contribution in [3.8, 4) is 0 Å². The van der Waals surface area contributed by atoms with Gasteiger partial charge in [-0.15, -0.1) is 5.10 Å². The third-order valence-corrected chi connectivity index (χ3v) is 5.57. The number of halogens is 1. The van der Waals surface area contributed by atoms with Crippen molar-refractivity contribution in [2.75, 3.05) is 11.1 Å². The van der Waals surface area contributed by atoms with Gasteiger partial charge in [0.25, 0.3) is 0 Å². The van der Waals surface area contributed by atoms with E-state index in [9.17, 15) is 0 Å². The number of rotatable bonds is 4. The van der Waals surface area contributed by atoms with Crippen LogP contribution in [0.2, 0.25) is 5.02 Å². The molecule has 0 atom stereocenters. The number of nitrogen functional groups attached to an aromatic ring is 1. The summed E-state index contributed by atoms with van der Waals surface area (Å²) >= 11 is 6.29. The van der Waals surface area contributed by atoms with Crippen LogP contribution in [0.4, 0.5) is 11.5 Å². The van der Waals surface area contributed by atoms with Gasteiger partial charge in [-0.2, -0.15) is 0 Å². The summed E-state index contributed by atoms with van der Waals surface area (Å²) in [5.41, 5.74) is 16.1. The Bertz CT molecular complexity index is 914. The molecule has 7 heteroatoms. The van der Waals surface area contributed by atoms with E-state index in [-0.39, 0.29) is 6.04 Å². The summed E-state index contributed by atoms with van der Waals surface area (Å²) in [6.45, 7) is 0.589. The van der Waals surface area contributed by atoms with Crippen LogP contribution < -0.4 is 16.8 Å². The van der Waals surface area contributed by atoms with E-state index >= 15 is 0 Å². The highest BCUT2D eigenvalue weighted by Gasteiger charge is 2.26. The molecular weight excluding hydrogens is 348 g/mol. The number of hydrogen-bond donors (Lipinski definition) is 3. The molecule has 2 aromatic heterocycles. The molecule has 26 heavy (non-hydrogen) atoms. The summed E-state index contributed by atoms with van der Waals surface area (Å²) < 4.78 is 1.72. The lowest BCUT2D eigenvalue weighted by Gasteiger charge is -2.28. The first-order valence-corrected chi connectivity index (χ1v) is 9.37. The van der Waals surface area contributed by atoms with Crippen LogP contribution in [0.5, 0.6) is 0 Å². The molecule has 0 spiro atoms. The monoisotopic (exact) mass is 370 g/mol. The fourth-order valence-corrected chi connectivity index (χ4v) is 3.96. The average molecular weight is 371 g/mol. The van der Waals surface area contributed by atoms with Gasteiger partial charge in [0.15, 0.2) is 11.5 Å². The second kappa shape index (κ2) is 7.13. The maximum atomic E-state index is 6.51. The molecule has 1 fully saturated rings. The number of nitrogens with one attached hydrogen (secondary N) is 1. The van der Waals surface area contributed by atoms with Crippen molar-refractivity contribution in [1.82, 2.24) is 14.6 Å². The maximum Gasteiger partial charge on any atom is 0.177 e. The van der Waals surface area contributed by atoms with Crippen LogP contribution in [0.3, 0.4) is 0 Å². The maximum absolute atomic E-state index is 6.51. The zero-order valence-electron chi connectivity index (χ0n) is 14.5. The molecule has 0 amide bonds. The van der Waals surface area contributed by atoms with Crippen molar-refractivity contribution in [3.63, 3.8) is 0 Å². The normalized spacial score (nSPS) is 20.4. The Balaban J connectivity index is 1.70. The number of fused-ring (bicyclic) bond motifs is 1. The number of nitrogens with zero attached hydrogens (tertiary/aromatic N) is 3. The van der Waals surface area contributed by atoms with E-state index in [1.807, 2.05) is 30.5 Å². The molecule has 0 saturated heterocycles. The van der Waals surface area contributed by atoms with Crippen LogP contribution in [0.25, 0.3) is 5.65 Å². The van der Waals surface area contributed by atoms with Crippen molar-refractivity contribution < 1.29 is 0 Å². The molecule has 4 rings (SSSR count). The number of hydrogen-bond acceptors (Lipinski definition) is 5. The summed E-state index contributed by atoms with van der Waals surface area (Å²) in [7, 11) is 0. The highest BCUT2D eigenvalue weighted by Crippen LogP contribution is 2.40. The van der Waals surface area contributed by atoms with Crippen molar-refractivity contribution >= 4 is 28.8 Å². The molecule has 0 unspecified atom stereocenters. The largest absolute Gasteiger partial charge is 0.395 e.